The van der Waals surface area contributed by atoms with Gasteiger partial charge < -0.3 is 24.8 Å². The monoisotopic (exact) mass is 717 g/mol. The Kier molecular flexibility index (Phi) is 10.7. The van der Waals surface area contributed by atoms with Crippen LogP contribution in [0, 0.1) is 0 Å². The summed E-state index contributed by atoms with van der Waals surface area (Å²) in [6.45, 7) is 38.1. The van der Waals surface area contributed by atoms with Crippen molar-refractivity contribution in [1.82, 2.24) is 0 Å². The molecule has 0 fully saturated rings. The van der Waals surface area contributed by atoms with E-state index in [-0.39, 0.29) is 35.6 Å². The van der Waals surface area contributed by atoms with Gasteiger partial charge in [0.2, 0.25) is 0 Å². The van der Waals surface area contributed by atoms with Gasteiger partial charge >= 0.3 is 261 Å². The van der Waals surface area contributed by atoms with Crippen molar-refractivity contribution in [2.45, 2.75) is 121 Å². The van der Waals surface area contributed by atoms with Crippen LogP contribution in [0.2, 0.25) is 58.9 Å². The van der Waals surface area contributed by atoms with Gasteiger partial charge in [0.05, 0.1) is 0 Å². The number of fused-ring (bicyclic) bond motifs is 3. The van der Waals surface area contributed by atoms with E-state index < -0.39 is 24.2 Å². The van der Waals surface area contributed by atoms with Crippen molar-refractivity contribution in [3.8, 4) is 11.1 Å². The predicted octanol–water partition coefficient (Wildman–Crippen LogP) is 2.89. The fraction of sp³-hybridized carbons (Fsp3) is 0.543. The summed E-state index contributed by atoms with van der Waals surface area (Å²) in [4.78, 5) is 0. The minimum Gasteiger partial charge on any atom is -1.00 e. The number of benzene rings is 2. The summed E-state index contributed by atoms with van der Waals surface area (Å²) < 4.78 is 0.503. The van der Waals surface area contributed by atoms with E-state index in [2.05, 4.69) is 131 Å². The number of rotatable bonds is 4. The zero-order chi connectivity index (χ0) is 29.7. The molecule has 223 valence electrons. The molecule has 0 heterocycles. The summed E-state index contributed by atoms with van der Waals surface area (Å²) >= 11 is 1.63. The molecule has 2 aliphatic carbocycles. The Balaban J connectivity index is 0.00000294. The molecule has 0 amide bonds. The molecule has 0 aliphatic heterocycles. The molecule has 2 aromatic carbocycles. The quantitative estimate of drug-likeness (QED) is 0.427. The van der Waals surface area contributed by atoms with Crippen molar-refractivity contribution >= 4 is 45.4 Å². The first kappa shape index (κ1) is 37.2. The molecule has 0 radical (unpaired) electrons. The second kappa shape index (κ2) is 11.8. The maximum atomic E-state index is 2.65. The van der Waals surface area contributed by atoms with Crippen LogP contribution in [0.25, 0.3) is 16.7 Å². The van der Waals surface area contributed by atoms with Gasteiger partial charge in [0.15, 0.2) is 0 Å². The number of halogens is 2. The summed E-state index contributed by atoms with van der Waals surface area (Å²) in [6.07, 6.45) is 8.19. The maximum Gasteiger partial charge on any atom is -1.00 e. The van der Waals surface area contributed by atoms with Gasteiger partial charge in [-0.25, -0.2) is 0 Å². The average molecular weight is 720 g/mol. The molecule has 0 saturated heterocycles. The van der Waals surface area contributed by atoms with Crippen molar-refractivity contribution in [2.24, 2.45) is 0 Å². The predicted molar refractivity (Wildman–Crippen MR) is 182 cm³/mol. The topological polar surface area (TPSA) is 0 Å². The first-order valence-corrected chi connectivity index (χ1v) is 26.9. The largest absolute Gasteiger partial charge is 1.00 e. The SMILES string of the molecule is CC(C)(C)c1cc2c(c([Si](C)(C)C)c1)-c1c(c(C3=CC=CC3)c(C(C)(C)C)c([Si](C)(C)C)c1[Si](C)(C)C)[CH]2[Zr+2].[Cl-].[Cl-]. The number of hydrogen-bond acceptors (Lipinski definition) is 0. The third kappa shape index (κ3) is 6.69. The van der Waals surface area contributed by atoms with Crippen LogP contribution in [0.1, 0.15) is 79.4 Å². The number of allylic oxidation sites excluding steroid dienone is 4. The van der Waals surface area contributed by atoms with Crippen molar-refractivity contribution in [1.29, 1.82) is 0 Å². The average Bonchev–Trinajstić information content (AvgIpc) is 3.35. The minimum absolute atomic E-state index is 0. The van der Waals surface area contributed by atoms with Gasteiger partial charge in [-0.3, -0.25) is 0 Å². The van der Waals surface area contributed by atoms with E-state index in [1.54, 1.807) is 74.0 Å². The minimum atomic E-state index is -1.72. The van der Waals surface area contributed by atoms with E-state index in [4.69, 9.17) is 0 Å². The van der Waals surface area contributed by atoms with Crippen molar-refractivity contribution < 1.29 is 49.5 Å². The molecular formula is C35H53Cl2Si3Zr. The standard InChI is InChI=1S/C35H53Si3.2ClH.Zr/c1-34(2,3)25-20-24-21-26-28(23-18-16-17-19-23)31(35(4,5)6)33(38(13,14)15)32(37(10,11)12)30(26)29(24)27(22-25)36(7,8)9;;;/h16-18,20-22H,19H2,1-15H3;2*1H;/q;;;+2/p-2. The van der Waals surface area contributed by atoms with E-state index in [9.17, 15) is 0 Å². The molecule has 41 heavy (non-hydrogen) atoms. The first-order valence-electron chi connectivity index (χ1n) is 15.0. The fourth-order valence-electron chi connectivity index (χ4n) is 6.89. The summed E-state index contributed by atoms with van der Waals surface area (Å²) in [5.74, 6) is 0. The van der Waals surface area contributed by atoms with Crippen LogP contribution in [-0.2, 0) is 35.5 Å². The maximum absolute atomic E-state index is 2.65. The van der Waals surface area contributed by atoms with E-state index >= 15 is 0 Å². The zero-order valence-corrected chi connectivity index (χ0v) is 35.4. The first-order chi connectivity index (χ1) is 17.5. The van der Waals surface area contributed by atoms with Crippen molar-refractivity contribution in [2.75, 3.05) is 0 Å². The Hall–Kier alpha value is 0.0338. The Morgan fingerprint density at radius 2 is 1.22 bits per heavy atom. The summed E-state index contributed by atoms with van der Waals surface area (Å²) in [5, 5.41) is 5.31. The fourth-order valence-corrected chi connectivity index (χ4v) is 16.0. The van der Waals surface area contributed by atoms with Crippen molar-refractivity contribution in [3.05, 3.63) is 58.2 Å². The van der Waals surface area contributed by atoms with Gasteiger partial charge in [0, 0.05) is 0 Å². The molecule has 0 nitrogen and oxygen atoms in total. The van der Waals surface area contributed by atoms with E-state index in [0.29, 0.717) is 3.63 Å². The molecule has 0 saturated carbocycles. The molecule has 2 aromatic rings. The van der Waals surface area contributed by atoms with Gasteiger partial charge in [0.1, 0.15) is 0 Å². The third-order valence-corrected chi connectivity index (χ3v) is 16.3. The van der Waals surface area contributed by atoms with Crippen LogP contribution >= 0.6 is 0 Å². The summed E-state index contributed by atoms with van der Waals surface area (Å²) in [5.41, 5.74) is 13.4. The van der Waals surface area contributed by atoms with E-state index in [1.165, 1.54) is 5.56 Å². The Labute approximate surface area is 283 Å². The molecule has 1 unspecified atom stereocenters. The summed E-state index contributed by atoms with van der Waals surface area (Å²) in [6, 6.07) is 5.29. The van der Waals surface area contributed by atoms with Crippen molar-refractivity contribution in [3.63, 3.8) is 0 Å². The molecule has 0 N–H and O–H groups in total. The summed E-state index contributed by atoms with van der Waals surface area (Å²) in [7, 11) is -5.06. The van der Waals surface area contributed by atoms with Crippen LogP contribution in [-0.4, -0.2) is 24.2 Å². The van der Waals surface area contributed by atoms with Crippen LogP contribution in [0.5, 0.6) is 0 Å². The van der Waals surface area contributed by atoms with Gasteiger partial charge in [-0.05, 0) is 0 Å². The molecule has 4 rings (SSSR count). The van der Waals surface area contributed by atoms with Gasteiger partial charge in [-0.1, -0.05) is 0 Å². The zero-order valence-electron chi connectivity index (χ0n) is 28.4. The normalized spacial score (nSPS) is 17.1. The van der Waals surface area contributed by atoms with E-state index in [0.717, 1.165) is 6.42 Å². The van der Waals surface area contributed by atoms with Gasteiger partial charge in [-0.15, -0.1) is 0 Å². The Bertz CT molecular complexity index is 1400. The van der Waals surface area contributed by atoms with Crippen LogP contribution in [0.15, 0.2) is 30.4 Å². The number of hydrogen-bond donors (Lipinski definition) is 0. The molecule has 0 spiro atoms. The second-order valence-electron chi connectivity index (χ2n) is 17.3. The second-order valence-corrected chi connectivity index (χ2v) is 33.7. The molecule has 6 heteroatoms. The third-order valence-electron chi connectivity index (χ3n) is 8.57. The van der Waals surface area contributed by atoms with Crippen LogP contribution < -0.4 is 40.4 Å². The van der Waals surface area contributed by atoms with Gasteiger partial charge in [-0.2, -0.15) is 0 Å². The smallest absolute Gasteiger partial charge is 1.00 e. The molecule has 1 atom stereocenters. The molecule has 0 bridgehead atoms. The Morgan fingerprint density at radius 3 is 1.61 bits per heavy atom. The van der Waals surface area contributed by atoms with Gasteiger partial charge in [0.25, 0.3) is 0 Å². The molecule has 2 aliphatic rings. The molecule has 0 aromatic heterocycles. The molecular weight excluding hydrogens is 667 g/mol. The van der Waals surface area contributed by atoms with E-state index in [1.807, 2.05) is 5.19 Å². The van der Waals surface area contributed by atoms with Crippen LogP contribution in [0.3, 0.4) is 0 Å². The van der Waals surface area contributed by atoms with Crippen LogP contribution in [0.4, 0.5) is 0 Å². The Morgan fingerprint density at radius 1 is 0.683 bits per heavy atom.